The van der Waals surface area contributed by atoms with E-state index in [0.717, 1.165) is 4.47 Å². The maximum Gasteiger partial charge on any atom is 0.251 e. The van der Waals surface area contributed by atoms with Gasteiger partial charge in [0.05, 0.1) is 11.5 Å². The number of nitrogens with two attached hydrogens (primary N) is 1. The number of amides is 1. The number of sulfone groups is 1. The average molecular weight is 347 g/mol. The fourth-order valence-corrected chi connectivity index (χ4v) is 4.49. The molecule has 1 amide bonds. The fraction of sp³-hybridized carbons (Fsp3) is 0.417. The van der Waals surface area contributed by atoms with Crippen LogP contribution in [0, 0.1) is 5.92 Å². The van der Waals surface area contributed by atoms with E-state index in [-0.39, 0.29) is 23.3 Å². The molecular weight excluding hydrogens is 332 g/mol. The average Bonchev–Trinajstić information content (AvgIpc) is 2.64. The van der Waals surface area contributed by atoms with E-state index >= 15 is 0 Å². The molecule has 5 nitrogen and oxygen atoms in total. The highest BCUT2D eigenvalue weighted by Crippen LogP contribution is 2.19. The second kappa shape index (κ2) is 5.50. The maximum atomic E-state index is 11.9. The minimum absolute atomic E-state index is 0.0125. The summed E-state index contributed by atoms with van der Waals surface area (Å²) in [6.45, 7) is 0.379. The van der Waals surface area contributed by atoms with Gasteiger partial charge in [-0.1, -0.05) is 15.9 Å². The molecule has 0 saturated carbocycles. The van der Waals surface area contributed by atoms with Crippen LogP contribution in [0.25, 0.3) is 0 Å². The van der Waals surface area contributed by atoms with Crippen molar-refractivity contribution in [2.24, 2.45) is 5.92 Å². The van der Waals surface area contributed by atoms with Crippen molar-refractivity contribution in [2.75, 3.05) is 23.8 Å². The van der Waals surface area contributed by atoms with Gasteiger partial charge in [0.1, 0.15) is 0 Å². The normalized spacial score (nSPS) is 21.2. The number of anilines is 1. The Labute approximate surface area is 120 Å². The number of carbonyl (C=O) groups excluding carboxylic acids is 1. The molecule has 1 saturated heterocycles. The van der Waals surface area contributed by atoms with E-state index in [0.29, 0.717) is 24.2 Å². The van der Waals surface area contributed by atoms with Gasteiger partial charge in [0.15, 0.2) is 9.84 Å². The Balaban J connectivity index is 1.95. The molecule has 19 heavy (non-hydrogen) atoms. The lowest BCUT2D eigenvalue weighted by Gasteiger charge is -2.10. The van der Waals surface area contributed by atoms with Crippen LogP contribution in [0.4, 0.5) is 5.69 Å². The quantitative estimate of drug-likeness (QED) is 0.804. The third-order valence-corrected chi connectivity index (χ3v) is 5.36. The van der Waals surface area contributed by atoms with E-state index in [2.05, 4.69) is 21.2 Å². The van der Waals surface area contributed by atoms with Crippen LogP contribution in [0.15, 0.2) is 22.7 Å². The molecule has 7 heteroatoms. The van der Waals surface area contributed by atoms with Gasteiger partial charge in [0.25, 0.3) is 5.91 Å². The maximum absolute atomic E-state index is 11.9. The Bertz CT molecular complexity index is 581. The van der Waals surface area contributed by atoms with E-state index in [1.165, 1.54) is 0 Å². The Morgan fingerprint density at radius 1 is 1.42 bits per heavy atom. The first kappa shape index (κ1) is 14.3. The number of hydrogen-bond acceptors (Lipinski definition) is 4. The van der Waals surface area contributed by atoms with Crippen LogP contribution in [-0.2, 0) is 9.84 Å². The molecule has 1 atom stereocenters. The van der Waals surface area contributed by atoms with Gasteiger partial charge in [-0.3, -0.25) is 4.79 Å². The van der Waals surface area contributed by atoms with Crippen molar-refractivity contribution in [3.63, 3.8) is 0 Å². The number of rotatable bonds is 3. The zero-order valence-electron chi connectivity index (χ0n) is 10.2. The van der Waals surface area contributed by atoms with Crippen molar-refractivity contribution in [1.82, 2.24) is 5.32 Å². The van der Waals surface area contributed by atoms with Gasteiger partial charge in [0, 0.05) is 22.3 Å². The van der Waals surface area contributed by atoms with Crippen LogP contribution in [0.1, 0.15) is 16.8 Å². The SMILES string of the molecule is Nc1cc(Br)cc(C(=O)NCC2CCS(=O)(=O)C2)c1. The molecule has 1 heterocycles. The van der Waals surface area contributed by atoms with Gasteiger partial charge in [0.2, 0.25) is 0 Å². The Morgan fingerprint density at radius 3 is 2.74 bits per heavy atom. The highest BCUT2D eigenvalue weighted by Gasteiger charge is 2.27. The zero-order valence-corrected chi connectivity index (χ0v) is 12.6. The molecule has 2 rings (SSSR count). The van der Waals surface area contributed by atoms with Crippen LogP contribution in [0.5, 0.6) is 0 Å². The van der Waals surface area contributed by atoms with Gasteiger partial charge in [-0.2, -0.15) is 0 Å². The second-order valence-electron chi connectivity index (χ2n) is 4.75. The Morgan fingerprint density at radius 2 is 2.16 bits per heavy atom. The van der Waals surface area contributed by atoms with E-state index in [1.807, 2.05) is 0 Å². The van der Waals surface area contributed by atoms with Crippen molar-refractivity contribution in [3.05, 3.63) is 28.2 Å². The summed E-state index contributed by atoms with van der Waals surface area (Å²) < 4.78 is 23.4. The first-order valence-electron chi connectivity index (χ1n) is 5.90. The van der Waals surface area contributed by atoms with E-state index in [9.17, 15) is 13.2 Å². The molecule has 1 fully saturated rings. The van der Waals surface area contributed by atoms with Crippen molar-refractivity contribution < 1.29 is 13.2 Å². The molecule has 3 N–H and O–H groups in total. The summed E-state index contributed by atoms with van der Waals surface area (Å²) in [4.78, 5) is 11.9. The highest BCUT2D eigenvalue weighted by molar-refractivity contribution is 9.10. The third kappa shape index (κ3) is 3.94. The molecule has 1 unspecified atom stereocenters. The van der Waals surface area contributed by atoms with Gasteiger partial charge in [-0.15, -0.1) is 0 Å². The lowest BCUT2D eigenvalue weighted by molar-refractivity contribution is 0.0948. The molecule has 0 radical (unpaired) electrons. The summed E-state index contributed by atoms with van der Waals surface area (Å²) in [6, 6.07) is 4.98. The molecular formula is C12H15BrN2O3S. The van der Waals surface area contributed by atoms with Gasteiger partial charge in [-0.25, -0.2) is 8.42 Å². The van der Waals surface area contributed by atoms with Gasteiger partial charge >= 0.3 is 0 Å². The smallest absolute Gasteiger partial charge is 0.251 e. The molecule has 1 aliphatic heterocycles. The predicted molar refractivity (Wildman–Crippen MR) is 77.6 cm³/mol. The minimum atomic E-state index is -2.90. The predicted octanol–water partition coefficient (Wildman–Crippen LogP) is 1.20. The number of halogens is 1. The number of nitrogen functional groups attached to an aromatic ring is 1. The summed E-state index contributed by atoms with van der Waals surface area (Å²) in [5, 5.41) is 2.75. The number of hydrogen-bond donors (Lipinski definition) is 2. The molecule has 0 bridgehead atoms. The van der Waals surface area contributed by atoms with Gasteiger partial charge in [-0.05, 0) is 30.5 Å². The van der Waals surface area contributed by atoms with Crippen LogP contribution >= 0.6 is 15.9 Å². The second-order valence-corrected chi connectivity index (χ2v) is 7.90. The van der Waals surface area contributed by atoms with Crippen molar-refractivity contribution in [2.45, 2.75) is 6.42 Å². The molecule has 1 aromatic carbocycles. The van der Waals surface area contributed by atoms with E-state index in [1.54, 1.807) is 18.2 Å². The van der Waals surface area contributed by atoms with Crippen LogP contribution in [-0.4, -0.2) is 32.4 Å². The number of nitrogens with one attached hydrogen (secondary N) is 1. The minimum Gasteiger partial charge on any atom is -0.399 e. The summed E-state index contributed by atoms with van der Waals surface area (Å²) in [6.07, 6.45) is 0.614. The number of benzene rings is 1. The van der Waals surface area contributed by atoms with Crippen LogP contribution in [0.3, 0.4) is 0 Å². The van der Waals surface area contributed by atoms with E-state index < -0.39 is 9.84 Å². The highest BCUT2D eigenvalue weighted by atomic mass is 79.9. The fourth-order valence-electron chi connectivity index (χ4n) is 2.12. The summed E-state index contributed by atoms with van der Waals surface area (Å²) in [7, 11) is -2.90. The zero-order chi connectivity index (χ0) is 14.0. The third-order valence-electron chi connectivity index (χ3n) is 3.06. The molecule has 0 spiro atoms. The standard InChI is InChI=1S/C12H15BrN2O3S/c13-10-3-9(4-11(14)5-10)12(16)15-6-8-1-2-19(17,18)7-8/h3-5,8H,1-2,6-7,14H2,(H,15,16). The molecule has 1 aliphatic rings. The Kier molecular flexibility index (Phi) is 4.15. The van der Waals surface area contributed by atoms with Crippen molar-refractivity contribution in [1.29, 1.82) is 0 Å². The molecule has 1 aromatic rings. The summed E-state index contributed by atoms with van der Waals surface area (Å²) in [5.41, 5.74) is 6.63. The van der Waals surface area contributed by atoms with Gasteiger partial charge < -0.3 is 11.1 Å². The van der Waals surface area contributed by atoms with Crippen molar-refractivity contribution in [3.8, 4) is 0 Å². The molecule has 0 aliphatic carbocycles. The number of carbonyl (C=O) groups is 1. The summed E-state index contributed by atoms with van der Waals surface area (Å²) in [5.74, 6) is 0.154. The Hall–Kier alpha value is -1.08. The summed E-state index contributed by atoms with van der Waals surface area (Å²) >= 11 is 3.27. The lowest BCUT2D eigenvalue weighted by Crippen LogP contribution is -2.29. The molecule has 104 valence electrons. The van der Waals surface area contributed by atoms with Crippen molar-refractivity contribution >= 4 is 37.4 Å². The largest absolute Gasteiger partial charge is 0.399 e. The molecule has 0 aromatic heterocycles. The van der Waals surface area contributed by atoms with Crippen LogP contribution in [0.2, 0.25) is 0 Å². The first-order valence-corrected chi connectivity index (χ1v) is 8.52. The van der Waals surface area contributed by atoms with Crippen LogP contribution < -0.4 is 11.1 Å². The monoisotopic (exact) mass is 346 g/mol. The first-order chi connectivity index (χ1) is 8.85. The topological polar surface area (TPSA) is 89.3 Å². The van der Waals surface area contributed by atoms with E-state index in [4.69, 9.17) is 5.73 Å². The lowest BCUT2D eigenvalue weighted by atomic mass is 10.1.